The Morgan fingerprint density at radius 2 is 1.70 bits per heavy atom. The van der Waals surface area contributed by atoms with E-state index in [-0.39, 0.29) is 10.7 Å². The average Bonchev–Trinajstić information content (AvgIpc) is 3.18. The van der Waals surface area contributed by atoms with Gasteiger partial charge in [-0.2, -0.15) is 0 Å². The molecule has 158 valence electrons. The molecule has 0 saturated heterocycles. The van der Waals surface area contributed by atoms with E-state index in [0.29, 0.717) is 11.8 Å². The molecule has 0 atom stereocenters. The molecular formula is C16H9F5N4O4S. The molecule has 0 aliphatic rings. The van der Waals surface area contributed by atoms with Gasteiger partial charge in [0.1, 0.15) is 23.5 Å². The number of aromatic nitrogens is 3. The highest BCUT2D eigenvalue weighted by Crippen LogP contribution is 2.29. The van der Waals surface area contributed by atoms with E-state index < -0.39 is 69.8 Å². The number of aromatic amines is 1. The number of nitrogens with one attached hydrogen (secondary N) is 2. The van der Waals surface area contributed by atoms with Crippen molar-refractivity contribution in [2.24, 2.45) is 0 Å². The van der Waals surface area contributed by atoms with Crippen LogP contribution >= 0.6 is 11.8 Å². The minimum absolute atomic E-state index is 0.0498. The van der Waals surface area contributed by atoms with Crippen LogP contribution in [-0.2, 0) is 10.5 Å². The molecule has 0 saturated carbocycles. The van der Waals surface area contributed by atoms with Crippen LogP contribution in [0.3, 0.4) is 0 Å². The smallest absolute Gasteiger partial charge is 0.322 e. The molecule has 0 unspecified atom stereocenters. The third kappa shape index (κ3) is 3.72. The van der Waals surface area contributed by atoms with Gasteiger partial charge in [0.25, 0.3) is 5.91 Å². The molecular weight excluding hydrogens is 439 g/mol. The van der Waals surface area contributed by atoms with E-state index in [4.69, 9.17) is 5.11 Å². The largest absolute Gasteiger partial charge is 0.480 e. The zero-order chi connectivity index (χ0) is 22.2. The van der Waals surface area contributed by atoms with Crippen LogP contribution in [0.25, 0.3) is 5.65 Å². The highest BCUT2D eigenvalue weighted by atomic mass is 32.2. The number of pyridine rings is 1. The summed E-state index contributed by atoms with van der Waals surface area (Å²) in [5.41, 5.74) is -2.73. The van der Waals surface area contributed by atoms with E-state index in [1.165, 1.54) is 0 Å². The molecule has 0 aliphatic carbocycles. The summed E-state index contributed by atoms with van der Waals surface area (Å²) in [6, 6.07) is 0.873. The Morgan fingerprint density at radius 1 is 1.10 bits per heavy atom. The molecule has 0 spiro atoms. The minimum atomic E-state index is -2.29. The lowest BCUT2D eigenvalue weighted by atomic mass is 10.2. The van der Waals surface area contributed by atoms with Crippen molar-refractivity contribution in [1.29, 1.82) is 0 Å². The normalized spacial score (nSPS) is 11.1. The summed E-state index contributed by atoms with van der Waals surface area (Å²) in [5, 5.41) is 13.1. The first kappa shape index (κ1) is 21.3. The number of carboxylic acid groups (broad SMARTS) is 1. The highest BCUT2D eigenvalue weighted by Gasteiger charge is 2.26. The van der Waals surface area contributed by atoms with Gasteiger partial charge in [-0.1, -0.05) is 0 Å². The van der Waals surface area contributed by atoms with Crippen molar-refractivity contribution in [2.75, 3.05) is 6.54 Å². The number of amides is 1. The molecule has 0 aliphatic heterocycles. The number of carboxylic acids is 1. The average molecular weight is 448 g/mol. The quantitative estimate of drug-likeness (QED) is 0.229. The van der Waals surface area contributed by atoms with Gasteiger partial charge in [0.2, 0.25) is 5.82 Å². The summed E-state index contributed by atoms with van der Waals surface area (Å²) in [6.45, 7) is -0.758. The molecule has 2 heterocycles. The van der Waals surface area contributed by atoms with Gasteiger partial charge in [0, 0.05) is 17.4 Å². The first-order valence-corrected chi connectivity index (χ1v) is 8.84. The summed E-state index contributed by atoms with van der Waals surface area (Å²) in [5.74, 6) is -13.6. The number of nitrogens with zero attached hydrogens (tertiary/aromatic N) is 2. The fourth-order valence-corrected chi connectivity index (χ4v) is 3.46. The monoisotopic (exact) mass is 448 g/mol. The van der Waals surface area contributed by atoms with E-state index in [0.717, 1.165) is 16.9 Å². The molecule has 3 aromatic rings. The van der Waals surface area contributed by atoms with Crippen LogP contribution in [-0.4, -0.2) is 38.1 Å². The maximum Gasteiger partial charge on any atom is 0.322 e. The molecule has 2 aromatic heterocycles. The Kier molecular flexibility index (Phi) is 5.78. The lowest BCUT2D eigenvalue weighted by molar-refractivity contribution is -0.135. The zero-order valence-corrected chi connectivity index (χ0v) is 15.2. The molecule has 1 amide bonds. The molecule has 0 fully saturated rings. The molecule has 8 nitrogen and oxygen atoms in total. The molecule has 14 heteroatoms. The summed E-state index contributed by atoms with van der Waals surface area (Å²) in [7, 11) is 0. The molecule has 1 aromatic carbocycles. The van der Waals surface area contributed by atoms with Gasteiger partial charge >= 0.3 is 5.97 Å². The standard InChI is InChI=1S/C16H9F5N4O4S/c17-10-5(11(18)13(20)14(21)12(10)19)3-30-7-1-6(26)9(15-23-4-24-25(7)15)16(29)22-2-8(27)28/h1,4H,2-3H2,(H,22,29)(H,23,24)(H,27,28). The third-order valence-corrected chi connectivity index (χ3v) is 4.85. The first-order valence-electron chi connectivity index (χ1n) is 7.85. The summed E-state index contributed by atoms with van der Waals surface area (Å²) in [6.07, 6.45) is 1.07. The van der Waals surface area contributed by atoms with Crippen LogP contribution in [0.2, 0.25) is 0 Å². The van der Waals surface area contributed by atoms with Crippen molar-refractivity contribution in [1.82, 2.24) is 19.9 Å². The summed E-state index contributed by atoms with van der Waals surface area (Å²) in [4.78, 5) is 38.8. The van der Waals surface area contributed by atoms with Crippen molar-refractivity contribution in [3.63, 3.8) is 0 Å². The predicted octanol–water partition coefficient (Wildman–Crippen LogP) is 1.82. The van der Waals surface area contributed by atoms with Crippen molar-refractivity contribution >= 4 is 29.3 Å². The van der Waals surface area contributed by atoms with Gasteiger partial charge in [0.15, 0.2) is 34.3 Å². The SMILES string of the molecule is O=C(O)CNC(=O)c1c(=O)cc(SCc2c(F)c(F)c(F)c(F)c2F)n2[nH]cnc12. The van der Waals surface area contributed by atoms with Crippen LogP contribution < -0.4 is 10.7 Å². The number of hydrogen-bond acceptors (Lipinski definition) is 5. The zero-order valence-electron chi connectivity index (χ0n) is 14.4. The highest BCUT2D eigenvalue weighted by molar-refractivity contribution is 7.98. The number of halogens is 5. The Labute approximate surface area is 166 Å². The number of fused-ring (bicyclic) bond motifs is 1. The van der Waals surface area contributed by atoms with Crippen molar-refractivity contribution in [3.8, 4) is 0 Å². The topological polar surface area (TPSA) is 117 Å². The van der Waals surface area contributed by atoms with Crippen molar-refractivity contribution in [2.45, 2.75) is 10.8 Å². The van der Waals surface area contributed by atoms with Gasteiger partial charge in [0.05, 0.1) is 0 Å². The molecule has 0 radical (unpaired) electrons. The van der Waals surface area contributed by atoms with E-state index in [9.17, 15) is 36.3 Å². The number of benzene rings is 1. The number of hydrogen-bond donors (Lipinski definition) is 3. The number of thioether (sulfide) groups is 1. The maximum atomic E-state index is 13.8. The number of aliphatic carboxylic acids is 1. The second-order valence-electron chi connectivity index (χ2n) is 5.68. The van der Waals surface area contributed by atoms with Crippen LogP contribution in [0, 0.1) is 29.1 Å². The van der Waals surface area contributed by atoms with E-state index in [1.54, 1.807) is 0 Å². The van der Waals surface area contributed by atoms with Crippen LogP contribution in [0.1, 0.15) is 15.9 Å². The van der Waals surface area contributed by atoms with E-state index >= 15 is 0 Å². The van der Waals surface area contributed by atoms with Gasteiger partial charge in [-0.3, -0.25) is 19.5 Å². The van der Waals surface area contributed by atoms with Crippen molar-refractivity contribution < 1.29 is 36.6 Å². The van der Waals surface area contributed by atoms with E-state index in [1.807, 2.05) is 5.32 Å². The molecule has 0 bridgehead atoms. The fourth-order valence-electron chi connectivity index (χ4n) is 2.46. The fraction of sp³-hybridized carbons (Fsp3) is 0.125. The summed E-state index contributed by atoms with van der Waals surface area (Å²) >= 11 is 0.542. The van der Waals surface area contributed by atoms with Gasteiger partial charge in [-0.25, -0.2) is 31.5 Å². The van der Waals surface area contributed by atoms with Gasteiger partial charge in [-0.15, -0.1) is 11.8 Å². The third-order valence-electron chi connectivity index (χ3n) is 3.82. The van der Waals surface area contributed by atoms with Crippen molar-refractivity contribution in [3.05, 3.63) is 62.8 Å². The van der Waals surface area contributed by atoms with E-state index in [2.05, 4.69) is 10.1 Å². The molecule has 3 N–H and O–H groups in total. The molecule has 3 rings (SSSR count). The number of H-pyrrole nitrogens is 1. The second-order valence-corrected chi connectivity index (χ2v) is 6.68. The lowest BCUT2D eigenvalue weighted by Crippen LogP contribution is -2.33. The number of carbonyl (C=O) groups excluding carboxylic acids is 1. The summed E-state index contributed by atoms with van der Waals surface area (Å²) < 4.78 is 68.6. The first-order chi connectivity index (χ1) is 14.1. The Morgan fingerprint density at radius 3 is 2.30 bits per heavy atom. The van der Waals surface area contributed by atoms with Gasteiger partial charge in [-0.05, 0) is 0 Å². The Balaban J connectivity index is 1.98. The Hall–Kier alpha value is -3.42. The number of carbonyl (C=O) groups is 2. The predicted molar refractivity (Wildman–Crippen MR) is 91.6 cm³/mol. The molecule has 30 heavy (non-hydrogen) atoms. The maximum absolute atomic E-state index is 13.8. The van der Waals surface area contributed by atoms with Crippen LogP contribution in [0.4, 0.5) is 22.0 Å². The number of rotatable bonds is 6. The minimum Gasteiger partial charge on any atom is -0.480 e. The second kappa shape index (κ2) is 8.14. The van der Waals surface area contributed by atoms with Gasteiger partial charge < -0.3 is 10.4 Å². The van der Waals surface area contributed by atoms with Crippen LogP contribution in [0.15, 0.2) is 22.2 Å². The van der Waals surface area contributed by atoms with Crippen LogP contribution in [0.5, 0.6) is 0 Å². The Bertz CT molecular complexity index is 1210. The lowest BCUT2D eigenvalue weighted by Gasteiger charge is -2.10.